The molecule has 0 aliphatic carbocycles. The predicted octanol–water partition coefficient (Wildman–Crippen LogP) is 4.82. The average molecular weight is 380 g/mol. The van der Waals surface area contributed by atoms with Gasteiger partial charge in [0.1, 0.15) is 5.69 Å². The van der Waals surface area contributed by atoms with Crippen LogP contribution in [0.5, 0.6) is 0 Å². The summed E-state index contributed by atoms with van der Waals surface area (Å²) < 4.78 is 0. The molecule has 0 bridgehead atoms. The van der Waals surface area contributed by atoms with Crippen molar-refractivity contribution in [2.75, 3.05) is 0 Å². The van der Waals surface area contributed by atoms with Crippen molar-refractivity contribution in [1.29, 1.82) is 0 Å². The SMILES string of the molecule is Cc1ccc(-c2cc(C(=O)N/N=C/c3ccc(-c4ccccc4)cc3)[nH]n2)cc1. The molecule has 1 amide bonds. The van der Waals surface area contributed by atoms with E-state index in [1.165, 1.54) is 5.56 Å². The number of hydrogen-bond acceptors (Lipinski definition) is 3. The van der Waals surface area contributed by atoms with E-state index in [0.717, 1.165) is 27.9 Å². The van der Waals surface area contributed by atoms with Crippen molar-refractivity contribution in [2.24, 2.45) is 5.10 Å². The van der Waals surface area contributed by atoms with Gasteiger partial charge in [0.25, 0.3) is 5.91 Å². The number of hydrazone groups is 1. The second kappa shape index (κ2) is 8.35. The average Bonchev–Trinajstić information content (AvgIpc) is 3.26. The zero-order valence-electron chi connectivity index (χ0n) is 16.0. The predicted molar refractivity (Wildman–Crippen MR) is 116 cm³/mol. The molecule has 0 atom stereocenters. The van der Waals surface area contributed by atoms with E-state index < -0.39 is 0 Å². The van der Waals surface area contributed by atoms with Gasteiger partial charge < -0.3 is 0 Å². The largest absolute Gasteiger partial charge is 0.289 e. The van der Waals surface area contributed by atoms with Crippen LogP contribution in [0.1, 0.15) is 21.6 Å². The number of carbonyl (C=O) groups excluding carboxylic acids is 1. The van der Waals surface area contributed by atoms with E-state index in [9.17, 15) is 4.79 Å². The van der Waals surface area contributed by atoms with Crippen LogP contribution in [0.25, 0.3) is 22.4 Å². The van der Waals surface area contributed by atoms with Crippen molar-refractivity contribution >= 4 is 12.1 Å². The molecule has 142 valence electrons. The normalized spacial score (nSPS) is 10.9. The molecule has 2 N–H and O–H groups in total. The maximum Gasteiger partial charge on any atom is 0.289 e. The van der Waals surface area contributed by atoms with Crippen LogP contribution in [0.2, 0.25) is 0 Å². The molecule has 0 spiro atoms. The highest BCUT2D eigenvalue weighted by molar-refractivity contribution is 5.94. The summed E-state index contributed by atoms with van der Waals surface area (Å²) in [5.74, 6) is -0.340. The van der Waals surface area contributed by atoms with Crippen molar-refractivity contribution in [3.05, 3.63) is 102 Å². The zero-order chi connectivity index (χ0) is 20.1. The van der Waals surface area contributed by atoms with E-state index in [2.05, 4.69) is 32.9 Å². The summed E-state index contributed by atoms with van der Waals surface area (Å²) in [6, 6.07) is 27.8. The number of amides is 1. The maximum absolute atomic E-state index is 12.3. The number of aromatic amines is 1. The summed E-state index contributed by atoms with van der Waals surface area (Å²) in [5, 5.41) is 11.0. The minimum Gasteiger partial charge on any atom is -0.272 e. The molecule has 5 heteroatoms. The summed E-state index contributed by atoms with van der Waals surface area (Å²) in [6.07, 6.45) is 1.62. The van der Waals surface area contributed by atoms with Gasteiger partial charge in [0.05, 0.1) is 11.9 Å². The number of aryl methyl sites for hydroxylation is 1. The molecular weight excluding hydrogens is 360 g/mol. The van der Waals surface area contributed by atoms with Gasteiger partial charge in [-0.3, -0.25) is 9.89 Å². The first kappa shape index (κ1) is 18.4. The molecule has 1 aromatic heterocycles. The molecule has 29 heavy (non-hydrogen) atoms. The van der Waals surface area contributed by atoms with Crippen molar-refractivity contribution in [3.8, 4) is 22.4 Å². The third-order valence-corrected chi connectivity index (χ3v) is 4.57. The second-order valence-corrected chi connectivity index (χ2v) is 6.72. The fraction of sp³-hybridized carbons (Fsp3) is 0.0417. The fourth-order valence-electron chi connectivity index (χ4n) is 2.93. The number of hydrogen-bond donors (Lipinski definition) is 2. The van der Waals surface area contributed by atoms with E-state index in [1.807, 2.05) is 73.7 Å². The zero-order valence-corrected chi connectivity index (χ0v) is 16.0. The van der Waals surface area contributed by atoms with E-state index >= 15 is 0 Å². The topological polar surface area (TPSA) is 70.1 Å². The Morgan fingerprint density at radius 2 is 1.55 bits per heavy atom. The van der Waals surface area contributed by atoms with Crippen LogP contribution in [0, 0.1) is 6.92 Å². The molecule has 1 heterocycles. The minimum absolute atomic E-state index is 0.340. The molecule has 3 aromatic carbocycles. The molecule has 0 saturated carbocycles. The standard InChI is InChI=1S/C24H20N4O/c1-17-7-11-21(12-8-17)22-15-23(27-26-22)24(29)28-25-16-18-9-13-20(14-10-18)19-5-3-2-4-6-19/h2-16H,1H3,(H,26,27)(H,28,29)/b25-16+. The Morgan fingerprint density at radius 1 is 0.897 bits per heavy atom. The highest BCUT2D eigenvalue weighted by Gasteiger charge is 2.10. The van der Waals surface area contributed by atoms with Gasteiger partial charge in [-0.05, 0) is 29.7 Å². The quantitative estimate of drug-likeness (QED) is 0.385. The Hall–Kier alpha value is -3.99. The summed E-state index contributed by atoms with van der Waals surface area (Å²) in [5.41, 5.74) is 8.92. The molecule has 5 nitrogen and oxygen atoms in total. The number of nitrogens with zero attached hydrogens (tertiary/aromatic N) is 2. The lowest BCUT2D eigenvalue weighted by atomic mass is 10.0. The number of carbonyl (C=O) groups is 1. The molecule has 0 aliphatic rings. The monoisotopic (exact) mass is 380 g/mol. The molecule has 0 fully saturated rings. The Bertz CT molecular complexity index is 1130. The first-order valence-electron chi connectivity index (χ1n) is 9.30. The molecule has 0 unspecified atom stereocenters. The smallest absolute Gasteiger partial charge is 0.272 e. The third kappa shape index (κ3) is 4.47. The van der Waals surface area contributed by atoms with Crippen LogP contribution in [0.15, 0.2) is 90.0 Å². The lowest BCUT2D eigenvalue weighted by Crippen LogP contribution is -2.17. The fourth-order valence-corrected chi connectivity index (χ4v) is 2.93. The van der Waals surface area contributed by atoms with E-state index in [1.54, 1.807) is 12.3 Å². The second-order valence-electron chi connectivity index (χ2n) is 6.72. The van der Waals surface area contributed by atoms with Crippen molar-refractivity contribution in [3.63, 3.8) is 0 Å². The van der Waals surface area contributed by atoms with E-state index in [0.29, 0.717) is 5.69 Å². The molecule has 4 aromatic rings. The first-order chi connectivity index (χ1) is 14.2. The number of nitrogens with one attached hydrogen (secondary N) is 2. The summed E-state index contributed by atoms with van der Waals surface area (Å²) in [7, 11) is 0. The van der Waals surface area contributed by atoms with Crippen LogP contribution < -0.4 is 5.43 Å². The molecule has 0 radical (unpaired) electrons. The van der Waals surface area contributed by atoms with Gasteiger partial charge in [-0.25, -0.2) is 5.43 Å². The molecule has 0 aliphatic heterocycles. The molecule has 4 rings (SSSR count). The van der Waals surface area contributed by atoms with Gasteiger partial charge >= 0.3 is 0 Å². The van der Waals surface area contributed by atoms with E-state index in [-0.39, 0.29) is 5.91 Å². The first-order valence-corrected chi connectivity index (χ1v) is 9.30. The van der Waals surface area contributed by atoms with Gasteiger partial charge in [-0.15, -0.1) is 0 Å². The summed E-state index contributed by atoms with van der Waals surface area (Å²) in [4.78, 5) is 12.3. The maximum atomic E-state index is 12.3. The Morgan fingerprint density at radius 3 is 2.28 bits per heavy atom. The van der Waals surface area contributed by atoms with Crippen LogP contribution in [0.4, 0.5) is 0 Å². The van der Waals surface area contributed by atoms with Crippen molar-refractivity contribution in [1.82, 2.24) is 15.6 Å². The van der Waals surface area contributed by atoms with Gasteiger partial charge in [0.2, 0.25) is 0 Å². The van der Waals surface area contributed by atoms with E-state index in [4.69, 9.17) is 0 Å². The van der Waals surface area contributed by atoms with Crippen LogP contribution >= 0.6 is 0 Å². The number of benzene rings is 3. The lowest BCUT2D eigenvalue weighted by Gasteiger charge is -2.01. The Balaban J connectivity index is 1.38. The van der Waals surface area contributed by atoms with Gasteiger partial charge in [-0.1, -0.05) is 84.4 Å². The summed E-state index contributed by atoms with van der Waals surface area (Å²) >= 11 is 0. The molecular formula is C24H20N4O. The number of rotatable bonds is 5. The van der Waals surface area contributed by atoms with Crippen molar-refractivity contribution in [2.45, 2.75) is 6.92 Å². The highest BCUT2D eigenvalue weighted by Crippen LogP contribution is 2.19. The van der Waals surface area contributed by atoms with Gasteiger partial charge in [-0.2, -0.15) is 10.2 Å². The van der Waals surface area contributed by atoms with Crippen LogP contribution in [0.3, 0.4) is 0 Å². The molecule has 0 saturated heterocycles. The Kier molecular flexibility index (Phi) is 5.29. The van der Waals surface area contributed by atoms with Crippen LogP contribution in [-0.4, -0.2) is 22.3 Å². The van der Waals surface area contributed by atoms with Crippen molar-refractivity contribution < 1.29 is 4.79 Å². The minimum atomic E-state index is -0.340. The van der Waals surface area contributed by atoms with Crippen LogP contribution in [-0.2, 0) is 0 Å². The number of aromatic nitrogens is 2. The van der Waals surface area contributed by atoms with Gasteiger partial charge in [0, 0.05) is 5.56 Å². The van der Waals surface area contributed by atoms with Gasteiger partial charge in [0.15, 0.2) is 0 Å². The third-order valence-electron chi connectivity index (χ3n) is 4.57. The number of H-pyrrole nitrogens is 1. The highest BCUT2D eigenvalue weighted by atomic mass is 16.2. The summed E-state index contributed by atoms with van der Waals surface area (Å²) in [6.45, 7) is 2.03. The Labute approximate surface area is 169 Å². The lowest BCUT2D eigenvalue weighted by molar-refractivity contribution is 0.0950.